The number of nitrogens with zero attached hydrogens (tertiary/aromatic N) is 1. The van der Waals surface area contributed by atoms with Crippen LogP contribution in [0.4, 0.5) is 0 Å². The van der Waals surface area contributed by atoms with Crippen LogP contribution in [0.3, 0.4) is 0 Å². The molecule has 4 nitrogen and oxygen atoms in total. The lowest BCUT2D eigenvalue weighted by atomic mass is 9.84. The minimum absolute atomic E-state index is 0. The van der Waals surface area contributed by atoms with Gasteiger partial charge in [0.25, 0.3) is 0 Å². The van der Waals surface area contributed by atoms with Gasteiger partial charge in [-0.2, -0.15) is 0 Å². The van der Waals surface area contributed by atoms with E-state index in [1.807, 2.05) is 0 Å². The molecule has 90 valence electrons. The maximum atomic E-state index is 11.5. The minimum atomic E-state index is 0. The van der Waals surface area contributed by atoms with Crippen LogP contribution in [0.5, 0.6) is 0 Å². The maximum Gasteiger partial charge on any atom is 0.246 e. The Kier molecular flexibility index (Phi) is 6.89. The van der Waals surface area contributed by atoms with Crippen molar-refractivity contribution in [2.45, 2.75) is 38.1 Å². The van der Waals surface area contributed by atoms with Gasteiger partial charge in [-0.3, -0.25) is 9.63 Å². The summed E-state index contributed by atoms with van der Waals surface area (Å²) in [5, 5.41) is 1.30. The van der Waals surface area contributed by atoms with Crippen molar-refractivity contribution in [1.82, 2.24) is 5.06 Å². The van der Waals surface area contributed by atoms with Crippen LogP contribution in [-0.2, 0) is 9.63 Å². The van der Waals surface area contributed by atoms with E-state index in [2.05, 4.69) is 0 Å². The predicted molar refractivity (Wildman–Crippen MR) is 61.6 cm³/mol. The molecule has 1 rings (SSSR count). The minimum Gasteiger partial charge on any atom is -0.328 e. The topological polar surface area (TPSA) is 55.6 Å². The monoisotopic (exact) mass is 236 g/mol. The van der Waals surface area contributed by atoms with Gasteiger partial charge in [-0.1, -0.05) is 0 Å². The number of nitrogens with two attached hydrogens (primary N) is 1. The number of carbonyl (C=O) groups excluding carboxylic acids is 1. The number of hydrogen-bond donors (Lipinski definition) is 1. The molecule has 0 aromatic rings. The quantitative estimate of drug-likeness (QED) is 0.753. The van der Waals surface area contributed by atoms with Crippen LogP contribution in [0.2, 0.25) is 0 Å². The van der Waals surface area contributed by atoms with E-state index in [1.54, 1.807) is 7.05 Å². The summed E-state index contributed by atoms with van der Waals surface area (Å²) in [7, 11) is 3.16. The van der Waals surface area contributed by atoms with E-state index in [4.69, 9.17) is 10.6 Å². The fourth-order valence-electron chi connectivity index (χ4n) is 1.87. The van der Waals surface area contributed by atoms with E-state index in [1.165, 1.54) is 12.2 Å². The Bertz CT molecular complexity index is 194. The molecule has 15 heavy (non-hydrogen) atoms. The Hall–Kier alpha value is -0.320. The molecule has 5 heteroatoms. The first kappa shape index (κ1) is 14.7. The summed E-state index contributed by atoms with van der Waals surface area (Å²) in [6.45, 7) is 0. The van der Waals surface area contributed by atoms with Crippen molar-refractivity contribution in [1.29, 1.82) is 0 Å². The Morgan fingerprint density at radius 1 is 1.40 bits per heavy atom. The molecule has 0 aliphatic heterocycles. The molecule has 1 aliphatic carbocycles. The van der Waals surface area contributed by atoms with Crippen LogP contribution in [-0.4, -0.2) is 31.2 Å². The van der Waals surface area contributed by atoms with E-state index in [0.717, 1.165) is 25.7 Å². The molecule has 0 spiro atoms. The number of carbonyl (C=O) groups is 1. The van der Waals surface area contributed by atoms with Gasteiger partial charge in [-0.05, 0) is 31.6 Å². The molecule has 0 aromatic heterocycles. The molecule has 0 heterocycles. The Morgan fingerprint density at radius 3 is 2.40 bits per heavy atom. The van der Waals surface area contributed by atoms with Crippen LogP contribution in [0.1, 0.15) is 32.1 Å². The highest BCUT2D eigenvalue weighted by atomic mass is 35.5. The van der Waals surface area contributed by atoms with Gasteiger partial charge in [0.05, 0.1) is 7.11 Å². The summed E-state index contributed by atoms with van der Waals surface area (Å²) in [6, 6.07) is 0.349. The van der Waals surface area contributed by atoms with Gasteiger partial charge in [-0.15, -0.1) is 12.4 Å². The Balaban J connectivity index is 0.00000196. The number of rotatable bonds is 3. The lowest BCUT2D eigenvalue weighted by Crippen LogP contribution is -2.31. The predicted octanol–water partition coefficient (Wildman–Crippen LogP) is 1.34. The summed E-state index contributed by atoms with van der Waals surface area (Å²) in [5.41, 5.74) is 5.79. The second-order valence-electron chi connectivity index (χ2n) is 4.06. The molecule has 0 unspecified atom stereocenters. The summed E-state index contributed by atoms with van der Waals surface area (Å²) < 4.78 is 0. The SMILES string of the molecule is CON(C)C(=O)CC1CCC(N)CC1.Cl. The lowest BCUT2D eigenvalue weighted by Gasteiger charge is -2.26. The van der Waals surface area contributed by atoms with Gasteiger partial charge in [0, 0.05) is 19.5 Å². The van der Waals surface area contributed by atoms with Crippen LogP contribution in [0.25, 0.3) is 0 Å². The standard InChI is InChI=1S/C10H20N2O2.ClH/c1-12(14-2)10(13)7-8-3-5-9(11)6-4-8;/h8-9H,3-7,11H2,1-2H3;1H. The van der Waals surface area contributed by atoms with Gasteiger partial charge in [0.2, 0.25) is 5.91 Å². The molecule has 0 bridgehead atoms. The van der Waals surface area contributed by atoms with Gasteiger partial charge in [-0.25, -0.2) is 5.06 Å². The number of amides is 1. The van der Waals surface area contributed by atoms with E-state index >= 15 is 0 Å². The molecule has 1 aliphatic rings. The van der Waals surface area contributed by atoms with Crippen molar-refractivity contribution in [2.24, 2.45) is 11.7 Å². The highest BCUT2D eigenvalue weighted by Gasteiger charge is 2.22. The zero-order valence-corrected chi connectivity index (χ0v) is 10.3. The Morgan fingerprint density at radius 2 is 1.93 bits per heavy atom. The van der Waals surface area contributed by atoms with Crippen LogP contribution < -0.4 is 5.73 Å². The highest BCUT2D eigenvalue weighted by molar-refractivity contribution is 5.85. The summed E-state index contributed by atoms with van der Waals surface area (Å²) >= 11 is 0. The normalized spacial score (nSPS) is 25.5. The highest BCUT2D eigenvalue weighted by Crippen LogP contribution is 2.26. The van der Waals surface area contributed by atoms with Crippen molar-refractivity contribution in [3.05, 3.63) is 0 Å². The van der Waals surface area contributed by atoms with Crippen LogP contribution in [0, 0.1) is 5.92 Å². The first-order chi connectivity index (χ1) is 6.63. The number of hydrogen-bond acceptors (Lipinski definition) is 3. The molecule has 2 N–H and O–H groups in total. The van der Waals surface area contributed by atoms with Crippen molar-refractivity contribution in [3.8, 4) is 0 Å². The van der Waals surface area contributed by atoms with Gasteiger partial charge >= 0.3 is 0 Å². The molecule has 0 radical (unpaired) electrons. The smallest absolute Gasteiger partial charge is 0.246 e. The average Bonchev–Trinajstić information content (AvgIpc) is 2.20. The third-order valence-electron chi connectivity index (χ3n) is 2.98. The first-order valence-electron chi connectivity index (χ1n) is 5.19. The fraction of sp³-hybridized carbons (Fsp3) is 0.900. The molecule has 0 aromatic carbocycles. The zero-order valence-electron chi connectivity index (χ0n) is 9.44. The van der Waals surface area contributed by atoms with Crippen molar-refractivity contribution >= 4 is 18.3 Å². The number of hydroxylamine groups is 2. The van der Waals surface area contributed by atoms with E-state index in [0.29, 0.717) is 18.4 Å². The van der Waals surface area contributed by atoms with E-state index < -0.39 is 0 Å². The third-order valence-corrected chi connectivity index (χ3v) is 2.98. The van der Waals surface area contributed by atoms with Gasteiger partial charge < -0.3 is 5.73 Å². The average molecular weight is 237 g/mol. The molecule has 1 amide bonds. The zero-order chi connectivity index (χ0) is 10.6. The third kappa shape index (κ3) is 4.82. The van der Waals surface area contributed by atoms with Crippen molar-refractivity contribution in [3.63, 3.8) is 0 Å². The van der Waals surface area contributed by atoms with Gasteiger partial charge in [0.1, 0.15) is 0 Å². The largest absolute Gasteiger partial charge is 0.328 e. The summed E-state index contributed by atoms with van der Waals surface area (Å²) in [5.74, 6) is 0.563. The van der Waals surface area contributed by atoms with E-state index in [9.17, 15) is 4.79 Å². The molecule has 0 saturated heterocycles. The molecular formula is C10H21ClN2O2. The molecular weight excluding hydrogens is 216 g/mol. The Labute approximate surface area is 97.5 Å². The van der Waals surface area contributed by atoms with Crippen molar-refractivity contribution in [2.75, 3.05) is 14.2 Å². The molecule has 0 atom stereocenters. The first-order valence-corrected chi connectivity index (χ1v) is 5.19. The van der Waals surface area contributed by atoms with Crippen LogP contribution >= 0.6 is 12.4 Å². The maximum absolute atomic E-state index is 11.5. The van der Waals surface area contributed by atoms with Crippen LogP contribution in [0.15, 0.2) is 0 Å². The number of halogens is 1. The fourth-order valence-corrected chi connectivity index (χ4v) is 1.87. The van der Waals surface area contributed by atoms with E-state index in [-0.39, 0.29) is 18.3 Å². The summed E-state index contributed by atoms with van der Waals surface area (Å²) in [4.78, 5) is 16.3. The second kappa shape index (κ2) is 7.04. The molecule has 1 saturated carbocycles. The van der Waals surface area contributed by atoms with Crippen molar-refractivity contribution < 1.29 is 9.63 Å². The lowest BCUT2D eigenvalue weighted by molar-refractivity contribution is -0.169. The summed E-state index contributed by atoms with van der Waals surface area (Å²) in [6.07, 6.45) is 4.84. The molecule has 1 fully saturated rings. The van der Waals surface area contributed by atoms with Gasteiger partial charge in [0.15, 0.2) is 0 Å². The second-order valence-corrected chi connectivity index (χ2v) is 4.06.